The highest BCUT2D eigenvalue weighted by Crippen LogP contribution is 2.13. The molecular formula is C9H9FN4O2S. The smallest absolute Gasteiger partial charge is 0.225 e. The largest absolute Gasteiger partial charge is 0.332 e. The molecule has 0 fully saturated rings. The first-order valence-corrected chi connectivity index (χ1v) is 6.11. The zero-order valence-electron chi connectivity index (χ0n) is 8.91. The van der Waals surface area contributed by atoms with E-state index in [1.54, 1.807) is 11.6 Å². The molecule has 0 saturated carbocycles. The molecule has 0 aliphatic heterocycles. The van der Waals surface area contributed by atoms with E-state index in [0.717, 1.165) is 5.56 Å². The van der Waals surface area contributed by atoms with Crippen LogP contribution in [0.3, 0.4) is 0 Å². The molecule has 0 spiro atoms. The molecule has 6 nitrogen and oxygen atoms in total. The summed E-state index contributed by atoms with van der Waals surface area (Å²) in [6.07, 6.45) is 0. The molecule has 1 aromatic carbocycles. The van der Waals surface area contributed by atoms with Crippen LogP contribution < -0.4 is 0 Å². The Morgan fingerprint density at radius 3 is 2.41 bits per heavy atom. The Morgan fingerprint density at radius 1 is 1.29 bits per heavy atom. The number of aromatic nitrogens is 4. The molecule has 0 unspecified atom stereocenters. The van der Waals surface area contributed by atoms with E-state index < -0.39 is 10.2 Å². The Kier molecular flexibility index (Phi) is 2.88. The van der Waals surface area contributed by atoms with Crippen molar-refractivity contribution < 1.29 is 12.3 Å². The molecule has 0 amide bonds. The summed E-state index contributed by atoms with van der Waals surface area (Å²) in [5.41, 5.74) is 0.785. The van der Waals surface area contributed by atoms with E-state index >= 15 is 0 Å². The third kappa shape index (κ3) is 2.64. The number of hydrogen-bond donors (Lipinski definition) is 0. The third-order valence-corrected chi connectivity index (χ3v) is 3.08. The average Bonchev–Trinajstić information content (AvgIpc) is 2.64. The van der Waals surface area contributed by atoms with Gasteiger partial charge in [-0.1, -0.05) is 12.1 Å². The van der Waals surface area contributed by atoms with Crippen LogP contribution >= 0.6 is 0 Å². The minimum atomic E-state index is -4.64. The average molecular weight is 256 g/mol. The minimum absolute atomic E-state index is 0.352. The van der Waals surface area contributed by atoms with E-state index in [9.17, 15) is 12.3 Å². The van der Waals surface area contributed by atoms with Crippen LogP contribution in [-0.2, 0) is 16.8 Å². The first kappa shape index (κ1) is 11.6. The van der Waals surface area contributed by atoms with Gasteiger partial charge in [0.05, 0.1) is 11.4 Å². The second-order valence-corrected chi connectivity index (χ2v) is 4.81. The monoisotopic (exact) mass is 256 g/mol. The highest BCUT2D eigenvalue weighted by molar-refractivity contribution is 7.86. The number of nitrogens with zero attached hydrogens (tertiary/aromatic N) is 4. The van der Waals surface area contributed by atoms with E-state index in [1.165, 1.54) is 24.3 Å². The molecule has 1 aromatic heterocycles. The van der Waals surface area contributed by atoms with Crippen LogP contribution in [0.2, 0.25) is 0 Å². The predicted octanol–water partition coefficient (Wildman–Crippen LogP) is 0.688. The highest BCUT2D eigenvalue weighted by Gasteiger charge is 2.11. The zero-order chi connectivity index (χ0) is 12.5. The van der Waals surface area contributed by atoms with Crippen molar-refractivity contribution in [3.63, 3.8) is 0 Å². The van der Waals surface area contributed by atoms with Gasteiger partial charge >= 0.3 is 10.2 Å². The maximum absolute atomic E-state index is 12.6. The van der Waals surface area contributed by atoms with Crippen molar-refractivity contribution in [1.82, 2.24) is 20.2 Å². The van der Waals surface area contributed by atoms with Crippen molar-refractivity contribution in [1.29, 1.82) is 0 Å². The second kappa shape index (κ2) is 4.21. The lowest BCUT2D eigenvalue weighted by molar-refractivity contribution is 0.552. The molecule has 90 valence electrons. The van der Waals surface area contributed by atoms with Crippen molar-refractivity contribution in [3.8, 4) is 0 Å². The van der Waals surface area contributed by atoms with Gasteiger partial charge in [0.15, 0.2) is 0 Å². The van der Waals surface area contributed by atoms with E-state index in [2.05, 4.69) is 15.5 Å². The summed E-state index contributed by atoms with van der Waals surface area (Å²) < 4.78 is 35.4. The van der Waals surface area contributed by atoms with Gasteiger partial charge in [0.1, 0.15) is 5.82 Å². The lowest BCUT2D eigenvalue weighted by Crippen LogP contribution is -2.04. The van der Waals surface area contributed by atoms with Gasteiger partial charge in [-0.25, -0.2) is 4.68 Å². The van der Waals surface area contributed by atoms with Crippen LogP contribution in [0.1, 0.15) is 11.4 Å². The Hall–Kier alpha value is -1.83. The van der Waals surface area contributed by atoms with Crippen LogP contribution in [0, 0.1) is 6.92 Å². The topological polar surface area (TPSA) is 77.7 Å². The Balaban J connectivity index is 2.23. The molecule has 0 atom stereocenters. The van der Waals surface area contributed by atoms with Crippen LogP contribution in [0.25, 0.3) is 0 Å². The summed E-state index contributed by atoms with van der Waals surface area (Å²) >= 11 is 0. The first-order valence-electron chi connectivity index (χ1n) is 4.73. The fourth-order valence-electron chi connectivity index (χ4n) is 1.33. The number of aryl methyl sites for hydroxylation is 1. The molecule has 8 heteroatoms. The van der Waals surface area contributed by atoms with E-state index in [-0.39, 0.29) is 4.90 Å². The van der Waals surface area contributed by atoms with Gasteiger partial charge in [-0.3, -0.25) is 0 Å². The molecule has 0 N–H and O–H groups in total. The fraction of sp³-hybridized carbons (Fsp3) is 0.222. The van der Waals surface area contributed by atoms with Gasteiger partial charge in [0.25, 0.3) is 0 Å². The Bertz CT molecular complexity index is 621. The van der Waals surface area contributed by atoms with Gasteiger partial charge in [0.2, 0.25) is 0 Å². The maximum atomic E-state index is 12.6. The normalized spacial score (nSPS) is 11.6. The predicted molar refractivity (Wildman–Crippen MR) is 56.4 cm³/mol. The number of tetrazole rings is 1. The van der Waals surface area contributed by atoms with E-state index in [1.807, 2.05) is 0 Å². The zero-order valence-corrected chi connectivity index (χ0v) is 9.72. The fourth-order valence-corrected chi connectivity index (χ4v) is 1.79. The lowest BCUT2D eigenvalue weighted by Gasteiger charge is -2.02. The third-order valence-electron chi connectivity index (χ3n) is 2.25. The van der Waals surface area contributed by atoms with Crippen molar-refractivity contribution in [3.05, 3.63) is 35.7 Å². The molecule has 0 radical (unpaired) electrons. The van der Waals surface area contributed by atoms with Gasteiger partial charge < -0.3 is 0 Å². The highest BCUT2D eigenvalue weighted by atomic mass is 32.3. The second-order valence-electron chi connectivity index (χ2n) is 3.47. The minimum Gasteiger partial charge on any atom is -0.225 e. The Morgan fingerprint density at radius 2 is 1.94 bits per heavy atom. The summed E-state index contributed by atoms with van der Waals surface area (Å²) in [6.45, 7) is 2.16. The molecule has 2 aromatic rings. The lowest BCUT2D eigenvalue weighted by atomic mass is 10.2. The van der Waals surface area contributed by atoms with Crippen LogP contribution in [-0.4, -0.2) is 28.6 Å². The quantitative estimate of drug-likeness (QED) is 0.755. The van der Waals surface area contributed by atoms with Gasteiger partial charge in [-0.15, -0.1) is 8.98 Å². The van der Waals surface area contributed by atoms with Gasteiger partial charge in [-0.2, -0.15) is 8.42 Å². The van der Waals surface area contributed by atoms with Crippen molar-refractivity contribution in [2.24, 2.45) is 0 Å². The van der Waals surface area contributed by atoms with Crippen LogP contribution in [0.5, 0.6) is 0 Å². The van der Waals surface area contributed by atoms with Crippen LogP contribution in [0.15, 0.2) is 29.2 Å². The summed E-state index contributed by atoms with van der Waals surface area (Å²) in [5, 5.41) is 10.9. The summed E-state index contributed by atoms with van der Waals surface area (Å²) in [5.74, 6) is 0.646. The van der Waals surface area contributed by atoms with Crippen molar-refractivity contribution >= 4 is 10.2 Å². The summed E-state index contributed by atoms with van der Waals surface area (Å²) in [4.78, 5) is -0.352. The molecule has 0 aliphatic carbocycles. The van der Waals surface area contributed by atoms with E-state index in [0.29, 0.717) is 12.4 Å². The summed E-state index contributed by atoms with van der Waals surface area (Å²) in [7, 11) is -4.64. The molecule has 2 rings (SSSR count). The first-order chi connectivity index (χ1) is 7.97. The van der Waals surface area contributed by atoms with E-state index in [4.69, 9.17) is 0 Å². The molecule has 0 saturated heterocycles. The standard InChI is InChI=1S/C9H9FN4O2S/c1-7-11-12-13-14(7)6-8-2-4-9(5-3-8)17(10,15)16/h2-5H,6H2,1H3. The maximum Gasteiger partial charge on any atom is 0.332 e. The number of hydrogen-bond acceptors (Lipinski definition) is 5. The summed E-state index contributed by atoms with van der Waals surface area (Å²) in [6, 6.07) is 5.47. The molecular weight excluding hydrogens is 247 g/mol. The molecule has 17 heavy (non-hydrogen) atoms. The number of rotatable bonds is 3. The Labute approximate surface area is 97.3 Å². The number of benzene rings is 1. The van der Waals surface area contributed by atoms with Crippen molar-refractivity contribution in [2.75, 3.05) is 0 Å². The number of halogens is 1. The van der Waals surface area contributed by atoms with Gasteiger partial charge in [0, 0.05) is 0 Å². The molecule has 1 heterocycles. The molecule has 0 aliphatic rings. The van der Waals surface area contributed by atoms with Gasteiger partial charge in [-0.05, 0) is 35.0 Å². The SMILES string of the molecule is Cc1nnnn1Cc1ccc(S(=O)(=O)F)cc1. The molecule has 0 bridgehead atoms. The van der Waals surface area contributed by atoms with Crippen LogP contribution in [0.4, 0.5) is 3.89 Å². The van der Waals surface area contributed by atoms with Crippen molar-refractivity contribution in [2.45, 2.75) is 18.4 Å².